The minimum Gasteiger partial charge on any atom is -0.0946 e. The molecule has 0 atom stereocenters. The Balaban J connectivity index is 1.85. The minimum absolute atomic E-state index is 0.626. The van der Waals surface area contributed by atoms with E-state index in [1.807, 2.05) is 60.7 Å². The lowest BCUT2D eigenvalue weighted by Gasteiger charge is -2.01. The van der Waals surface area contributed by atoms with Gasteiger partial charge in [0.05, 0.1) is 0 Å². The summed E-state index contributed by atoms with van der Waals surface area (Å²) in [6, 6.07) is 19.9. The number of rotatable bonds is 3. The molecule has 0 aromatic heterocycles. The maximum atomic E-state index is 4.04. The first kappa shape index (κ1) is 15.4. The van der Waals surface area contributed by atoms with Crippen LogP contribution >= 0.6 is 0 Å². The van der Waals surface area contributed by atoms with Gasteiger partial charge in [-0.3, -0.25) is 0 Å². The lowest BCUT2D eigenvalue weighted by Crippen LogP contribution is -1.85. The number of allylic oxidation sites excluding steroid dienone is 2. The van der Waals surface area contributed by atoms with Crippen molar-refractivity contribution in [3.63, 3.8) is 0 Å². The Morgan fingerprint density at radius 1 is 0.636 bits per heavy atom. The molecule has 2 rings (SSSR count). The molecule has 0 aliphatic rings. The molecule has 0 aliphatic heterocycles. The predicted molar refractivity (Wildman–Crippen MR) is 94.2 cm³/mol. The predicted octanol–water partition coefficient (Wildman–Crippen LogP) is 4.98. The molecule has 0 amide bonds. The summed E-state index contributed by atoms with van der Waals surface area (Å²) in [6.45, 7) is 8.08. The minimum atomic E-state index is 0.626. The molecule has 0 N–H and O–H groups in total. The molecule has 22 heavy (non-hydrogen) atoms. The molecule has 2 aromatic rings. The van der Waals surface area contributed by atoms with Gasteiger partial charge in [0.25, 0.3) is 0 Å². The monoisotopic (exact) mass is 282 g/mol. The van der Waals surface area contributed by atoms with Crippen molar-refractivity contribution < 1.29 is 0 Å². The van der Waals surface area contributed by atoms with Gasteiger partial charge < -0.3 is 0 Å². The largest absolute Gasteiger partial charge is 0.0946 e. The summed E-state index contributed by atoms with van der Waals surface area (Å²) in [5.41, 5.74) is 3.94. The Bertz CT molecular complexity index is 687. The highest BCUT2D eigenvalue weighted by atomic mass is 14.0. The lowest BCUT2D eigenvalue weighted by molar-refractivity contribution is 1.20. The third kappa shape index (κ3) is 5.20. The fourth-order valence-corrected chi connectivity index (χ4v) is 1.80. The van der Waals surface area contributed by atoms with E-state index in [9.17, 15) is 0 Å². The second-order valence-electron chi connectivity index (χ2n) is 4.90. The standard InChI is InChI=1S/C22H18/c1-19(11-9-17-21-13-5-3-6-14-21)20(2)12-10-18-22-15-7-4-8-16-22/h3-8,13-16H,1-2,11-12H2. The van der Waals surface area contributed by atoms with E-state index in [0.717, 1.165) is 22.3 Å². The molecule has 0 heterocycles. The van der Waals surface area contributed by atoms with E-state index < -0.39 is 0 Å². The normalized spacial score (nSPS) is 8.91. The fourth-order valence-electron chi connectivity index (χ4n) is 1.80. The molecule has 0 nitrogen and oxygen atoms in total. The molecule has 0 saturated carbocycles. The number of hydrogen-bond acceptors (Lipinski definition) is 0. The molecule has 0 aliphatic carbocycles. The average Bonchev–Trinajstić information content (AvgIpc) is 2.56. The van der Waals surface area contributed by atoms with Crippen LogP contribution in [0, 0.1) is 23.7 Å². The van der Waals surface area contributed by atoms with E-state index in [1.165, 1.54) is 0 Å². The van der Waals surface area contributed by atoms with E-state index in [4.69, 9.17) is 0 Å². The highest BCUT2D eigenvalue weighted by Gasteiger charge is 1.96. The summed E-state index contributed by atoms with van der Waals surface area (Å²) in [5.74, 6) is 12.5. The molecule has 0 bridgehead atoms. The molecule has 106 valence electrons. The molecular formula is C22H18. The van der Waals surface area contributed by atoms with Gasteiger partial charge in [-0.1, -0.05) is 73.2 Å². The highest BCUT2D eigenvalue weighted by Crippen LogP contribution is 2.12. The summed E-state index contributed by atoms with van der Waals surface area (Å²) in [6.07, 6.45) is 1.25. The number of benzene rings is 2. The molecular weight excluding hydrogens is 264 g/mol. The highest BCUT2D eigenvalue weighted by molar-refractivity contribution is 5.40. The van der Waals surface area contributed by atoms with Gasteiger partial charge in [-0.25, -0.2) is 0 Å². The molecule has 0 unspecified atom stereocenters. The van der Waals surface area contributed by atoms with E-state index in [2.05, 4.69) is 36.8 Å². The van der Waals surface area contributed by atoms with Gasteiger partial charge in [-0.05, 0) is 35.4 Å². The zero-order chi connectivity index (χ0) is 15.6. The van der Waals surface area contributed by atoms with E-state index >= 15 is 0 Å². The molecule has 0 heteroatoms. The van der Waals surface area contributed by atoms with Crippen molar-refractivity contribution in [2.75, 3.05) is 0 Å². The van der Waals surface area contributed by atoms with Crippen molar-refractivity contribution >= 4 is 0 Å². The maximum absolute atomic E-state index is 4.04. The summed E-state index contributed by atoms with van der Waals surface area (Å²) < 4.78 is 0. The summed E-state index contributed by atoms with van der Waals surface area (Å²) in [7, 11) is 0. The third-order valence-electron chi connectivity index (χ3n) is 3.12. The van der Waals surface area contributed by atoms with Gasteiger partial charge in [0.2, 0.25) is 0 Å². The van der Waals surface area contributed by atoms with Gasteiger partial charge in [0, 0.05) is 24.0 Å². The Kier molecular flexibility index (Phi) is 5.86. The smallest absolute Gasteiger partial charge is 0.0341 e. The van der Waals surface area contributed by atoms with Gasteiger partial charge in [-0.15, -0.1) is 0 Å². The first-order valence-corrected chi connectivity index (χ1v) is 7.19. The van der Waals surface area contributed by atoms with Crippen LogP contribution < -0.4 is 0 Å². The van der Waals surface area contributed by atoms with Crippen molar-refractivity contribution in [1.29, 1.82) is 0 Å². The summed E-state index contributed by atoms with van der Waals surface area (Å²) >= 11 is 0. The second kappa shape index (κ2) is 8.35. The second-order valence-corrected chi connectivity index (χ2v) is 4.90. The Morgan fingerprint density at radius 2 is 1.00 bits per heavy atom. The molecule has 0 fully saturated rings. The topological polar surface area (TPSA) is 0 Å². The van der Waals surface area contributed by atoms with Crippen molar-refractivity contribution in [3.05, 3.63) is 96.1 Å². The van der Waals surface area contributed by atoms with Crippen molar-refractivity contribution in [2.45, 2.75) is 12.8 Å². The molecule has 0 spiro atoms. The van der Waals surface area contributed by atoms with E-state index in [0.29, 0.717) is 12.8 Å². The van der Waals surface area contributed by atoms with Crippen LogP contribution in [-0.4, -0.2) is 0 Å². The van der Waals surface area contributed by atoms with Crippen LogP contribution in [0.1, 0.15) is 24.0 Å². The SMILES string of the molecule is C=C(CC#Cc1ccccc1)C(=C)CC#Cc1ccccc1. The molecule has 0 saturated heterocycles. The van der Waals surface area contributed by atoms with Crippen molar-refractivity contribution in [3.8, 4) is 23.7 Å². The lowest BCUT2D eigenvalue weighted by atomic mass is 10.0. The van der Waals surface area contributed by atoms with Crippen LogP contribution in [0.3, 0.4) is 0 Å². The van der Waals surface area contributed by atoms with Crippen LogP contribution in [-0.2, 0) is 0 Å². The zero-order valence-corrected chi connectivity index (χ0v) is 12.6. The van der Waals surface area contributed by atoms with E-state index in [-0.39, 0.29) is 0 Å². The van der Waals surface area contributed by atoms with Gasteiger partial charge in [0.15, 0.2) is 0 Å². The Morgan fingerprint density at radius 3 is 1.36 bits per heavy atom. The van der Waals surface area contributed by atoms with Crippen LogP contribution in [0.2, 0.25) is 0 Å². The first-order chi connectivity index (χ1) is 10.8. The maximum Gasteiger partial charge on any atom is 0.0341 e. The van der Waals surface area contributed by atoms with E-state index in [1.54, 1.807) is 0 Å². The Labute approximate surface area is 133 Å². The van der Waals surface area contributed by atoms with Crippen LogP contribution in [0.25, 0.3) is 0 Å². The zero-order valence-electron chi connectivity index (χ0n) is 12.6. The first-order valence-electron chi connectivity index (χ1n) is 7.19. The molecule has 0 radical (unpaired) electrons. The third-order valence-corrected chi connectivity index (χ3v) is 3.12. The van der Waals surface area contributed by atoms with Crippen molar-refractivity contribution in [1.82, 2.24) is 0 Å². The van der Waals surface area contributed by atoms with Gasteiger partial charge >= 0.3 is 0 Å². The quantitative estimate of drug-likeness (QED) is 0.550. The van der Waals surface area contributed by atoms with Gasteiger partial charge in [-0.2, -0.15) is 0 Å². The fraction of sp³-hybridized carbons (Fsp3) is 0.0909. The van der Waals surface area contributed by atoms with Crippen LogP contribution in [0.5, 0.6) is 0 Å². The van der Waals surface area contributed by atoms with Crippen LogP contribution in [0.4, 0.5) is 0 Å². The van der Waals surface area contributed by atoms with Gasteiger partial charge in [0.1, 0.15) is 0 Å². The average molecular weight is 282 g/mol. The Hall–Kier alpha value is -2.96. The number of hydrogen-bond donors (Lipinski definition) is 0. The van der Waals surface area contributed by atoms with Crippen LogP contribution in [0.15, 0.2) is 85.0 Å². The van der Waals surface area contributed by atoms with Crippen molar-refractivity contribution in [2.24, 2.45) is 0 Å². The molecule has 2 aromatic carbocycles. The summed E-state index contributed by atoms with van der Waals surface area (Å²) in [4.78, 5) is 0. The summed E-state index contributed by atoms with van der Waals surface area (Å²) in [5, 5.41) is 0.